The Morgan fingerprint density at radius 1 is 1.37 bits per heavy atom. The molecule has 0 unspecified atom stereocenters. The molecule has 0 aliphatic heterocycles. The van der Waals surface area contributed by atoms with Gasteiger partial charge in [0.25, 0.3) is 5.91 Å². The second-order valence-electron chi connectivity index (χ2n) is 6.25. The lowest BCUT2D eigenvalue weighted by molar-refractivity contribution is -0.112. The molecular formula is C23H19N3O3S. The predicted molar refractivity (Wildman–Crippen MR) is 118 cm³/mol. The highest BCUT2D eigenvalue weighted by molar-refractivity contribution is 7.14. The zero-order valence-corrected chi connectivity index (χ0v) is 17.1. The van der Waals surface area contributed by atoms with Gasteiger partial charge in [-0.05, 0) is 30.2 Å². The number of aromatic nitrogens is 1. The minimum absolute atomic E-state index is 0.00809. The number of phenols is 1. The van der Waals surface area contributed by atoms with Crippen molar-refractivity contribution in [2.45, 2.75) is 6.42 Å². The summed E-state index contributed by atoms with van der Waals surface area (Å²) >= 11 is 1.28. The average Bonchev–Trinajstić information content (AvgIpc) is 3.23. The molecule has 2 aromatic carbocycles. The van der Waals surface area contributed by atoms with Crippen LogP contribution in [0.15, 0.2) is 66.1 Å². The molecule has 0 bridgehead atoms. The first-order valence-electron chi connectivity index (χ1n) is 9.00. The number of nitriles is 1. The van der Waals surface area contributed by atoms with E-state index < -0.39 is 5.91 Å². The van der Waals surface area contributed by atoms with Gasteiger partial charge in [0.1, 0.15) is 11.6 Å². The molecule has 3 aromatic rings. The normalized spacial score (nSPS) is 10.9. The molecule has 0 aliphatic rings. The van der Waals surface area contributed by atoms with Gasteiger partial charge in [-0.2, -0.15) is 5.26 Å². The molecule has 1 amide bonds. The molecule has 0 saturated heterocycles. The lowest BCUT2D eigenvalue weighted by Gasteiger charge is -2.10. The number of hydrogen-bond donors (Lipinski definition) is 2. The predicted octanol–water partition coefficient (Wildman–Crippen LogP) is 4.80. The Bertz CT molecular complexity index is 1140. The van der Waals surface area contributed by atoms with Crippen LogP contribution in [0.5, 0.6) is 11.5 Å². The Kier molecular flexibility index (Phi) is 6.63. The number of hydrogen-bond acceptors (Lipinski definition) is 6. The van der Waals surface area contributed by atoms with Crippen LogP contribution in [0.1, 0.15) is 11.1 Å². The molecule has 30 heavy (non-hydrogen) atoms. The largest absolute Gasteiger partial charge is 0.504 e. The van der Waals surface area contributed by atoms with Gasteiger partial charge in [-0.15, -0.1) is 17.9 Å². The van der Waals surface area contributed by atoms with Crippen LogP contribution in [0.25, 0.3) is 17.3 Å². The van der Waals surface area contributed by atoms with Crippen LogP contribution in [0.3, 0.4) is 0 Å². The number of thiazole rings is 1. The summed E-state index contributed by atoms with van der Waals surface area (Å²) in [6.07, 6.45) is 3.50. The number of anilines is 1. The van der Waals surface area contributed by atoms with Gasteiger partial charge in [0.15, 0.2) is 16.6 Å². The van der Waals surface area contributed by atoms with Crippen LogP contribution in [0.2, 0.25) is 0 Å². The van der Waals surface area contributed by atoms with Gasteiger partial charge in [-0.25, -0.2) is 4.98 Å². The number of phenolic OH excluding ortho intramolecular Hbond substituents is 1. The number of nitrogens with one attached hydrogen (secondary N) is 1. The van der Waals surface area contributed by atoms with Crippen molar-refractivity contribution in [2.24, 2.45) is 0 Å². The van der Waals surface area contributed by atoms with Crippen molar-refractivity contribution < 1.29 is 14.6 Å². The van der Waals surface area contributed by atoms with Gasteiger partial charge in [0.05, 0.1) is 12.8 Å². The van der Waals surface area contributed by atoms with Crippen molar-refractivity contribution in [1.29, 1.82) is 5.26 Å². The quantitative estimate of drug-likeness (QED) is 0.327. The number of benzene rings is 2. The number of ether oxygens (including phenoxy) is 1. The molecule has 0 aliphatic carbocycles. The molecule has 1 heterocycles. The number of aromatic hydroxyl groups is 1. The van der Waals surface area contributed by atoms with E-state index in [1.807, 2.05) is 41.8 Å². The van der Waals surface area contributed by atoms with Gasteiger partial charge in [-0.1, -0.05) is 36.4 Å². The third kappa shape index (κ3) is 4.74. The number of carbonyl (C=O) groups is 1. The van der Waals surface area contributed by atoms with Crippen molar-refractivity contribution in [3.63, 3.8) is 0 Å². The Morgan fingerprint density at radius 3 is 2.80 bits per heavy atom. The van der Waals surface area contributed by atoms with E-state index in [1.54, 1.807) is 18.2 Å². The van der Waals surface area contributed by atoms with E-state index in [-0.39, 0.29) is 17.1 Å². The number of methoxy groups -OCH3 is 1. The Morgan fingerprint density at radius 2 is 2.13 bits per heavy atom. The van der Waals surface area contributed by atoms with E-state index in [2.05, 4.69) is 16.9 Å². The first-order chi connectivity index (χ1) is 14.5. The van der Waals surface area contributed by atoms with Gasteiger partial charge in [0.2, 0.25) is 0 Å². The molecule has 0 saturated carbocycles. The van der Waals surface area contributed by atoms with Crippen molar-refractivity contribution in [3.8, 4) is 28.8 Å². The third-order valence-corrected chi connectivity index (χ3v) is 4.99. The molecule has 7 heteroatoms. The zero-order chi connectivity index (χ0) is 21.5. The number of allylic oxidation sites excluding steroid dienone is 1. The van der Waals surface area contributed by atoms with Crippen LogP contribution < -0.4 is 10.1 Å². The molecular weight excluding hydrogens is 398 g/mol. The second kappa shape index (κ2) is 9.54. The van der Waals surface area contributed by atoms with Crippen molar-refractivity contribution in [2.75, 3.05) is 12.4 Å². The maximum absolute atomic E-state index is 12.6. The highest BCUT2D eigenvalue weighted by Gasteiger charge is 2.14. The topological polar surface area (TPSA) is 95.2 Å². The minimum Gasteiger partial charge on any atom is -0.504 e. The van der Waals surface area contributed by atoms with Crippen molar-refractivity contribution >= 4 is 28.5 Å². The fourth-order valence-corrected chi connectivity index (χ4v) is 3.51. The Hall–Kier alpha value is -3.89. The fraction of sp³-hybridized carbons (Fsp3) is 0.0870. The van der Waals surface area contributed by atoms with E-state index >= 15 is 0 Å². The van der Waals surface area contributed by atoms with E-state index in [4.69, 9.17) is 4.74 Å². The molecule has 150 valence electrons. The number of carbonyl (C=O) groups excluding carboxylic acids is 1. The Labute approximate surface area is 178 Å². The Balaban J connectivity index is 1.84. The molecule has 0 atom stereocenters. The van der Waals surface area contributed by atoms with Gasteiger partial charge in [-0.3, -0.25) is 10.1 Å². The van der Waals surface area contributed by atoms with E-state index in [1.165, 1.54) is 24.5 Å². The summed E-state index contributed by atoms with van der Waals surface area (Å²) in [7, 11) is 1.44. The van der Waals surface area contributed by atoms with Crippen LogP contribution in [0.4, 0.5) is 5.13 Å². The summed E-state index contributed by atoms with van der Waals surface area (Å²) in [5, 5.41) is 24.6. The lowest BCUT2D eigenvalue weighted by Crippen LogP contribution is -2.13. The number of nitrogens with zero attached hydrogens (tertiary/aromatic N) is 2. The first kappa shape index (κ1) is 20.8. The first-order valence-corrected chi connectivity index (χ1v) is 9.88. The fourth-order valence-electron chi connectivity index (χ4n) is 2.79. The summed E-state index contributed by atoms with van der Waals surface area (Å²) in [6.45, 7) is 3.67. The van der Waals surface area contributed by atoms with E-state index in [0.717, 1.165) is 11.3 Å². The lowest BCUT2D eigenvalue weighted by atomic mass is 10.0. The molecule has 2 N–H and O–H groups in total. The summed E-state index contributed by atoms with van der Waals surface area (Å²) < 4.78 is 5.18. The summed E-state index contributed by atoms with van der Waals surface area (Å²) in [6, 6.07) is 14.8. The van der Waals surface area contributed by atoms with Crippen molar-refractivity contribution in [1.82, 2.24) is 4.98 Å². The molecule has 6 nitrogen and oxygen atoms in total. The molecule has 1 aromatic heterocycles. The molecule has 3 rings (SSSR count). The van der Waals surface area contributed by atoms with E-state index in [0.29, 0.717) is 22.7 Å². The van der Waals surface area contributed by atoms with Crippen LogP contribution >= 0.6 is 11.3 Å². The van der Waals surface area contributed by atoms with Crippen LogP contribution in [-0.4, -0.2) is 23.1 Å². The molecule has 0 radical (unpaired) electrons. The van der Waals surface area contributed by atoms with Crippen LogP contribution in [-0.2, 0) is 11.2 Å². The zero-order valence-electron chi connectivity index (χ0n) is 16.3. The van der Waals surface area contributed by atoms with Crippen molar-refractivity contribution in [3.05, 3.63) is 77.2 Å². The summed E-state index contributed by atoms with van der Waals surface area (Å²) in [5.41, 5.74) is 2.73. The SMILES string of the molecule is C=CCc1cc(/C=C(/C#N)C(=O)Nc2nc(-c3ccccc3)cs2)cc(OC)c1O. The monoisotopic (exact) mass is 417 g/mol. The number of amides is 1. The number of rotatable bonds is 7. The highest BCUT2D eigenvalue weighted by Crippen LogP contribution is 2.33. The smallest absolute Gasteiger partial charge is 0.268 e. The van der Waals surface area contributed by atoms with Gasteiger partial charge >= 0.3 is 0 Å². The highest BCUT2D eigenvalue weighted by atomic mass is 32.1. The summed E-state index contributed by atoms with van der Waals surface area (Å²) in [4.78, 5) is 17.0. The minimum atomic E-state index is -0.566. The van der Waals surface area contributed by atoms with Gasteiger partial charge in [0, 0.05) is 16.5 Å². The average molecular weight is 417 g/mol. The van der Waals surface area contributed by atoms with E-state index in [9.17, 15) is 15.2 Å². The second-order valence-corrected chi connectivity index (χ2v) is 7.11. The summed E-state index contributed by atoms with van der Waals surface area (Å²) in [5.74, 6) is -0.303. The van der Waals surface area contributed by atoms with Crippen LogP contribution in [0, 0.1) is 11.3 Å². The standard InChI is InChI=1S/C23H19N3O3S/c1-3-7-17-10-15(12-20(29-2)21(17)27)11-18(13-24)22(28)26-23-25-19(14-30-23)16-8-5-4-6-9-16/h3-6,8-12,14,27H,1,7H2,2H3,(H,25,26,28)/b18-11-. The maximum atomic E-state index is 12.6. The molecule has 0 fully saturated rings. The maximum Gasteiger partial charge on any atom is 0.268 e. The van der Waals surface area contributed by atoms with Gasteiger partial charge < -0.3 is 9.84 Å². The molecule has 0 spiro atoms. The third-order valence-electron chi connectivity index (χ3n) is 4.23.